The number of rotatable bonds is 9. The average molecular weight is 897 g/mol. The van der Waals surface area contributed by atoms with Gasteiger partial charge < -0.3 is 24.2 Å². The van der Waals surface area contributed by atoms with Gasteiger partial charge in [-0.15, -0.1) is 0 Å². The Balaban J connectivity index is 0.000000277. The Morgan fingerprint density at radius 1 is 0.661 bits per heavy atom. The topological polar surface area (TPSA) is 202 Å². The standard InChI is InChI=1S/C24H32O6S.C17H28O2.C7H4O4S/c1-23(2,3)18-14-16(15-19(21(18)25)24(4,5)6)10-9-13-30-22(26)17-11-7-8-12-20(17)31(27,28)29;1-16(2,3)13-10-12(8-7-9-18)11-14(15(13)19)17(4,5)6;8-7-5-3-1-2-4-6(5)12(9,10)11-7/h7-8,11-12,14-15,25H,9-10,13H2,1-6H3,(H,27,28,29);10-11,18-19H,7-9H2,1-6H3;1-4H. The van der Waals surface area contributed by atoms with Crippen LogP contribution in [0.4, 0.5) is 0 Å². The van der Waals surface area contributed by atoms with Crippen LogP contribution in [0.15, 0.2) is 82.6 Å². The molecule has 4 N–H and O–H groups in total. The molecule has 0 aromatic heterocycles. The maximum Gasteiger partial charge on any atom is 0.355 e. The fourth-order valence-corrected chi connectivity index (χ4v) is 8.39. The molecule has 0 bridgehead atoms. The quantitative estimate of drug-likeness (QED) is 0.0537. The van der Waals surface area contributed by atoms with Crippen LogP contribution in [0.3, 0.4) is 0 Å². The first kappa shape index (κ1) is 51.6. The zero-order valence-corrected chi connectivity index (χ0v) is 39.7. The lowest BCUT2D eigenvalue weighted by atomic mass is 9.78. The number of phenolic OH excluding ortho intramolecular Hbond substituents is 2. The van der Waals surface area contributed by atoms with E-state index in [2.05, 4.69) is 57.9 Å². The first-order chi connectivity index (χ1) is 28.3. The van der Waals surface area contributed by atoms with Gasteiger partial charge in [-0.25, -0.2) is 9.59 Å². The van der Waals surface area contributed by atoms with Gasteiger partial charge in [-0.2, -0.15) is 16.8 Å². The van der Waals surface area contributed by atoms with Crippen molar-refractivity contribution in [2.75, 3.05) is 13.2 Å². The van der Waals surface area contributed by atoms with E-state index in [-0.39, 0.29) is 50.9 Å². The molecule has 4 aromatic rings. The summed E-state index contributed by atoms with van der Waals surface area (Å²) in [5, 5.41) is 30.4. The first-order valence-electron chi connectivity index (χ1n) is 20.5. The summed E-state index contributed by atoms with van der Waals surface area (Å²) in [7, 11) is -8.32. The zero-order valence-electron chi connectivity index (χ0n) is 38.0. The summed E-state index contributed by atoms with van der Waals surface area (Å²) >= 11 is 0. The summed E-state index contributed by atoms with van der Waals surface area (Å²) in [5.41, 5.74) is 5.24. The van der Waals surface area contributed by atoms with Crippen LogP contribution in [0.5, 0.6) is 11.5 Å². The Kier molecular flexibility index (Phi) is 16.4. The number of hydrogen-bond donors (Lipinski definition) is 4. The summed E-state index contributed by atoms with van der Waals surface area (Å²) < 4.78 is 63.6. The highest BCUT2D eigenvalue weighted by Gasteiger charge is 2.34. The molecule has 5 rings (SSSR count). The highest BCUT2D eigenvalue weighted by Crippen LogP contribution is 2.41. The monoisotopic (exact) mass is 896 g/mol. The second kappa shape index (κ2) is 19.7. The number of hydrogen-bond acceptors (Lipinski definition) is 11. The molecule has 1 aliphatic rings. The number of phenols is 2. The fourth-order valence-electron chi connectivity index (χ4n) is 6.67. The number of aliphatic hydroxyl groups is 1. The first-order valence-corrected chi connectivity index (χ1v) is 23.3. The molecule has 0 amide bonds. The third kappa shape index (κ3) is 13.6. The third-order valence-corrected chi connectivity index (χ3v) is 12.2. The van der Waals surface area contributed by atoms with Crippen LogP contribution in [-0.2, 0) is 63.7 Å². The molecule has 4 aromatic carbocycles. The summed E-state index contributed by atoms with van der Waals surface area (Å²) in [4.78, 5) is 22.7. The number of fused-ring (bicyclic) bond motifs is 1. The Hall–Kier alpha value is -4.76. The highest BCUT2D eigenvalue weighted by molar-refractivity contribution is 7.87. The van der Waals surface area contributed by atoms with E-state index in [1.165, 1.54) is 35.9 Å². The van der Waals surface area contributed by atoms with Crippen LogP contribution in [-0.4, -0.2) is 61.9 Å². The molecule has 14 heteroatoms. The lowest BCUT2D eigenvalue weighted by Crippen LogP contribution is -2.18. The van der Waals surface area contributed by atoms with Crippen molar-refractivity contribution in [3.05, 3.63) is 117 Å². The molecule has 340 valence electrons. The SMILES string of the molecule is CC(C)(C)c1cc(CCCO)cc(C(C)(C)C)c1O.CC(C)(C)c1cc(CCCOC(=O)c2ccccc2S(=O)(=O)O)cc(C(C)(C)C)c1O.O=C1OS(=O)(=O)c2ccccc21. The zero-order chi connectivity index (χ0) is 47.2. The molecule has 1 aliphatic heterocycles. The molecule has 0 atom stereocenters. The van der Waals surface area contributed by atoms with Gasteiger partial charge in [0.05, 0.1) is 17.7 Å². The number of aromatic hydroxyl groups is 2. The predicted octanol–water partition coefficient (Wildman–Crippen LogP) is 9.48. The van der Waals surface area contributed by atoms with E-state index in [0.717, 1.165) is 46.7 Å². The van der Waals surface area contributed by atoms with Gasteiger partial charge in [-0.05, 0) is 105 Å². The van der Waals surface area contributed by atoms with Crippen LogP contribution >= 0.6 is 0 Å². The van der Waals surface area contributed by atoms with Crippen molar-refractivity contribution in [1.82, 2.24) is 0 Å². The van der Waals surface area contributed by atoms with Crippen LogP contribution < -0.4 is 0 Å². The Morgan fingerprint density at radius 2 is 1.06 bits per heavy atom. The predicted molar refractivity (Wildman–Crippen MR) is 240 cm³/mol. The van der Waals surface area contributed by atoms with E-state index in [1.807, 2.05) is 53.7 Å². The van der Waals surface area contributed by atoms with Crippen molar-refractivity contribution in [1.29, 1.82) is 0 Å². The van der Waals surface area contributed by atoms with E-state index < -0.39 is 37.1 Å². The number of benzene rings is 4. The number of ether oxygens (including phenoxy) is 1. The van der Waals surface area contributed by atoms with E-state index in [4.69, 9.17) is 9.84 Å². The number of carbonyl (C=O) groups is 2. The minimum atomic E-state index is -4.52. The van der Waals surface area contributed by atoms with Crippen molar-refractivity contribution in [3.8, 4) is 11.5 Å². The van der Waals surface area contributed by atoms with Gasteiger partial charge in [0, 0.05) is 6.61 Å². The Morgan fingerprint density at radius 3 is 1.47 bits per heavy atom. The molecule has 62 heavy (non-hydrogen) atoms. The minimum Gasteiger partial charge on any atom is -0.507 e. The van der Waals surface area contributed by atoms with Gasteiger partial charge in [0.25, 0.3) is 10.1 Å². The lowest BCUT2D eigenvalue weighted by molar-refractivity contribution is 0.0495. The van der Waals surface area contributed by atoms with E-state index in [1.54, 1.807) is 12.1 Å². The van der Waals surface area contributed by atoms with Crippen molar-refractivity contribution in [3.63, 3.8) is 0 Å². The Bertz CT molecular complexity index is 2390. The fraction of sp³-hybridized carbons (Fsp3) is 0.458. The molecule has 0 saturated heterocycles. The van der Waals surface area contributed by atoms with E-state index >= 15 is 0 Å². The van der Waals surface area contributed by atoms with Crippen molar-refractivity contribution >= 4 is 32.2 Å². The van der Waals surface area contributed by atoms with Crippen LogP contribution in [0, 0.1) is 0 Å². The lowest BCUT2D eigenvalue weighted by Gasteiger charge is -2.28. The third-order valence-electron chi connectivity index (χ3n) is 9.98. The number of esters is 1. The molecule has 12 nitrogen and oxygen atoms in total. The number of aryl methyl sites for hydroxylation is 2. The maximum atomic E-state index is 12.3. The molecule has 0 saturated carbocycles. The van der Waals surface area contributed by atoms with Gasteiger partial charge in [-0.1, -0.05) is 132 Å². The Labute approximate surface area is 368 Å². The molecule has 0 fully saturated rings. The van der Waals surface area contributed by atoms with E-state index in [0.29, 0.717) is 24.3 Å². The minimum absolute atomic E-state index is 0.0463. The number of carbonyl (C=O) groups excluding carboxylic acids is 2. The van der Waals surface area contributed by atoms with Crippen LogP contribution in [0.1, 0.15) is 150 Å². The molecule has 0 aliphatic carbocycles. The normalized spacial score (nSPS) is 13.8. The van der Waals surface area contributed by atoms with Gasteiger partial charge in [0.15, 0.2) is 0 Å². The van der Waals surface area contributed by atoms with Gasteiger partial charge in [0.1, 0.15) is 21.3 Å². The van der Waals surface area contributed by atoms with Crippen LogP contribution in [0.25, 0.3) is 0 Å². The average Bonchev–Trinajstić information content (AvgIpc) is 3.38. The molecule has 0 unspecified atom stereocenters. The summed E-state index contributed by atoms with van der Waals surface area (Å²) in [6, 6.07) is 19.4. The van der Waals surface area contributed by atoms with Crippen molar-refractivity contribution < 1.29 is 55.2 Å². The smallest absolute Gasteiger partial charge is 0.355 e. The number of aliphatic hydroxyl groups excluding tert-OH is 1. The maximum absolute atomic E-state index is 12.3. The molecule has 0 spiro atoms. The van der Waals surface area contributed by atoms with Crippen molar-refractivity contribution in [2.45, 2.75) is 140 Å². The van der Waals surface area contributed by atoms with E-state index in [9.17, 15) is 41.2 Å². The van der Waals surface area contributed by atoms with Gasteiger partial charge in [-0.3, -0.25) is 4.55 Å². The molecule has 1 heterocycles. The van der Waals surface area contributed by atoms with Crippen molar-refractivity contribution in [2.24, 2.45) is 0 Å². The molecular formula is C48H64O12S2. The highest BCUT2D eigenvalue weighted by atomic mass is 32.2. The summed E-state index contributed by atoms with van der Waals surface area (Å²) in [6.07, 6.45) is 2.76. The second-order valence-corrected chi connectivity index (χ2v) is 22.3. The summed E-state index contributed by atoms with van der Waals surface area (Å²) in [6.45, 7) is 25.3. The van der Waals surface area contributed by atoms with Gasteiger partial charge in [0.2, 0.25) is 0 Å². The van der Waals surface area contributed by atoms with Crippen LogP contribution in [0.2, 0.25) is 0 Å². The summed E-state index contributed by atoms with van der Waals surface area (Å²) in [5.74, 6) is -0.861. The molecule has 0 radical (unpaired) electrons. The second-order valence-electron chi connectivity index (χ2n) is 19.4. The van der Waals surface area contributed by atoms with Gasteiger partial charge >= 0.3 is 22.1 Å². The molecular weight excluding hydrogens is 833 g/mol. The largest absolute Gasteiger partial charge is 0.507 e.